The Kier molecular flexibility index (Phi) is 3.54. The van der Waals surface area contributed by atoms with Crippen molar-refractivity contribution in [2.24, 2.45) is 0 Å². The molecule has 0 N–H and O–H groups in total. The maximum absolute atomic E-state index is 5.95. The zero-order valence-electron chi connectivity index (χ0n) is 11.8. The van der Waals surface area contributed by atoms with Gasteiger partial charge in [0.05, 0.1) is 17.1 Å². The van der Waals surface area contributed by atoms with Gasteiger partial charge in [0, 0.05) is 6.20 Å². The Balaban J connectivity index is 1.64. The molecule has 0 saturated carbocycles. The van der Waals surface area contributed by atoms with Gasteiger partial charge in [0.2, 0.25) is 0 Å². The summed E-state index contributed by atoms with van der Waals surface area (Å²) in [6.45, 7) is 4.55. The number of benzene rings is 1. The van der Waals surface area contributed by atoms with E-state index in [4.69, 9.17) is 9.47 Å². The molecule has 1 aromatic carbocycles. The largest absolute Gasteiger partial charge is 0.486 e. The molecule has 2 aromatic rings. The number of hydrogen-bond donors (Lipinski definition) is 0. The number of para-hydroxylation sites is 2. The molecule has 3 rings (SSSR count). The van der Waals surface area contributed by atoms with E-state index in [0.717, 1.165) is 41.4 Å². The molecule has 20 heavy (non-hydrogen) atoms. The smallest absolute Gasteiger partial charge is 0.161 e. The van der Waals surface area contributed by atoms with Gasteiger partial charge in [0.1, 0.15) is 12.7 Å². The third-order valence-corrected chi connectivity index (χ3v) is 3.44. The second-order valence-electron chi connectivity index (χ2n) is 5.08. The first-order valence-electron chi connectivity index (χ1n) is 6.90. The van der Waals surface area contributed by atoms with Crippen LogP contribution in [-0.4, -0.2) is 22.7 Å². The lowest BCUT2D eigenvalue weighted by Crippen LogP contribution is -2.29. The van der Waals surface area contributed by atoms with E-state index in [0.29, 0.717) is 6.61 Å². The highest BCUT2D eigenvalue weighted by Gasteiger charge is 2.20. The second kappa shape index (κ2) is 5.49. The Hall–Kier alpha value is -2.10. The topological polar surface area (TPSA) is 44.2 Å². The molecular formula is C16H18N2O2. The zero-order valence-corrected chi connectivity index (χ0v) is 11.8. The molecule has 4 heteroatoms. The van der Waals surface area contributed by atoms with Crippen LogP contribution in [0.15, 0.2) is 30.5 Å². The predicted octanol–water partition coefficient (Wildman–Crippen LogP) is 2.87. The van der Waals surface area contributed by atoms with Crippen LogP contribution in [0.3, 0.4) is 0 Å². The van der Waals surface area contributed by atoms with Gasteiger partial charge in [-0.2, -0.15) is 0 Å². The lowest BCUT2D eigenvalue weighted by Gasteiger charge is -2.26. The fraction of sp³-hybridized carbons (Fsp3) is 0.375. The Morgan fingerprint density at radius 3 is 2.85 bits per heavy atom. The summed E-state index contributed by atoms with van der Waals surface area (Å²) in [5.74, 6) is 1.66. The first-order chi connectivity index (χ1) is 9.72. The third kappa shape index (κ3) is 2.74. The highest BCUT2D eigenvalue weighted by atomic mass is 16.6. The fourth-order valence-corrected chi connectivity index (χ4v) is 2.33. The predicted molar refractivity (Wildman–Crippen MR) is 76.2 cm³/mol. The van der Waals surface area contributed by atoms with Crippen molar-refractivity contribution in [1.82, 2.24) is 9.97 Å². The van der Waals surface area contributed by atoms with E-state index in [1.165, 1.54) is 0 Å². The highest BCUT2D eigenvalue weighted by molar-refractivity contribution is 5.40. The average Bonchev–Trinajstić information content (AvgIpc) is 2.48. The van der Waals surface area contributed by atoms with Crippen LogP contribution in [-0.2, 0) is 6.42 Å². The van der Waals surface area contributed by atoms with Crippen molar-refractivity contribution in [3.63, 3.8) is 0 Å². The molecule has 1 atom stereocenters. The zero-order chi connectivity index (χ0) is 13.9. The molecule has 1 unspecified atom stereocenters. The summed E-state index contributed by atoms with van der Waals surface area (Å²) in [7, 11) is 0. The van der Waals surface area contributed by atoms with Crippen LogP contribution in [0.2, 0.25) is 0 Å². The summed E-state index contributed by atoms with van der Waals surface area (Å²) in [5, 5.41) is 0. The van der Waals surface area contributed by atoms with Crippen LogP contribution in [0.25, 0.3) is 0 Å². The van der Waals surface area contributed by atoms with Crippen molar-refractivity contribution in [1.29, 1.82) is 0 Å². The van der Waals surface area contributed by atoms with Crippen LogP contribution in [0.5, 0.6) is 11.5 Å². The first kappa shape index (κ1) is 12.9. The molecule has 1 aliphatic rings. The third-order valence-electron chi connectivity index (χ3n) is 3.44. The van der Waals surface area contributed by atoms with Gasteiger partial charge < -0.3 is 9.47 Å². The minimum Gasteiger partial charge on any atom is -0.486 e. The van der Waals surface area contributed by atoms with Gasteiger partial charge in [-0.15, -0.1) is 0 Å². The number of fused-ring (bicyclic) bond motifs is 1. The molecule has 0 amide bonds. The second-order valence-corrected chi connectivity index (χ2v) is 5.08. The molecule has 0 bridgehead atoms. The number of aryl methyl sites for hydroxylation is 3. The van der Waals surface area contributed by atoms with Gasteiger partial charge in [0.25, 0.3) is 0 Å². The molecule has 0 saturated heterocycles. The molecular weight excluding hydrogens is 252 g/mol. The molecule has 0 fully saturated rings. The quantitative estimate of drug-likeness (QED) is 0.860. The number of rotatable bonds is 3. The van der Waals surface area contributed by atoms with E-state index in [2.05, 4.69) is 9.97 Å². The SMILES string of the molecule is Cc1cnc(C)c(CCC2COc3ccccc3O2)n1. The normalized spacial score (nSPS) is 17.0. The van der Waals surface area contributed by atoms with Crippen LogP contribution < -0.4 is 9.47 Å². The summed E-state index contributed by atoms with van der Waals surface area (Å²) in [4.78, 5) is 8.89. The summed E-state index contributed by atoms with van der Waals surface area (Å²) in [5.41, 5.74) is 3.00. The standard InChI is InChI=1S/C16H18N2O2/c1-11-9-17-12(2)14(18-11)8-7-13-10-19-15-5-3-4-6-16(15)20-13/h3-6,9,13H,7-8,10H2,1-2H3. The van der Waals surface area contributed by atoms with Crippen LogP contribution in [0.4, 0.5) is 0 Å². The molecule has 0 spiro atoms. The minimum absolute atomic E-state index is 0.0756. The van der Waals surface area contributed by atoms with Gasteiger partial charge >= 0.3 is 0 Å². The lowest BCUT2D eigenvalue weighted by atomic mass is 10.1. The maximum Gasteiger partial charge on any atom is 0.161 e. The van der Waals surface area contributed by atoms with Crippen molar-refractivity contribution in [2.75, 3.05) is 6.61 Å². The summed E-state index contributed by atoms with van der Waals surface area (Å²) in [6, 6.07) is 7.79. The van der Waals surface area contributed by atoms with E-state index in [1.807, 2.05) is 38.1 Å². The van der Waals surface area contributed by atoms with Gasteiger partial charge in [-0.3, -0.25) is 9.97 Å². The summed E-state index contributed by atoms with van der Waals surface area (Å²) in [6.07, 6.45) is 3.62. The molecule has 1 aliphatic heterocycles. The molecule has 1 aromatic heterocycles. The van der Waals surface area contributed by atoms with Crippen LogP contribution >= 0.6 is 0 Å². The van der Waals surface area contributed by atoms with Gasteiger partial charge in [-0.1, -0.05) is 12.1 Å². The fourth-order valence-electron chi connectivity index (χ4n) is 2.33. The summed E-state index contributed by atoms with van der Waals surface area (Å²) >= 11 is 0. The number of hydrogen-bond acceptors (Lipinski definition) is 4. The number of aromatic nitrogens is 2. The Labute approximate surface area is 118 Å². The average molecular weight is 270 g/mol. The van der Waals surface area contributed by atoms with Gasteiger partial charge in [-0.25, -0.2) is 0 Å². The van der Waals surface area contributed by atoms with Crippen molar-refractivity contribution < 1.29 is 9.47 Å². The van der Waals surface area contributed by atoms with E-state index in [-0.39, 0.29) is 6.10 Å². The van der Waals surface area contributed by atoms with Gasteiger partial charge in [0.15, 0.2) is 11.5 Å². The molecule has 4 nitrogen and oxygen atoms in total. The van der Waals surface area contributed by atoms with E-state index in [1.54, 1.807) is 6.20 Å². The number of nitrogens with zero attached hydrogens (tertiary/aromatic N) is 2. The van der Waals surface area contributed by atoms with Crippen LogP contribution in [0.1, 0.15) is 23.5 Å². The van der Waals surface area contributed by atoms with Crippen molar-refractivity contribution in [2.45, 2.75) is 32.8 Å². The Bertz CT molecular complexity index is 613. The van der Waals surface area contributed by atoms with E-state index < -0.39 is 0 Å². The lowest BCUT2D eigenvalue weighted by molar-refractivity contribution is 0.0849. The molecule has 104 valence electrons. The van der Waals surface area contributed by atoms with Crippen molar-refractivity contribution in [3.05, 3.63) is 47.5 Å². The van der Waals surface area contributed by atoms with Crippen LogP contribution in [0, 0.1) is 13.8 Å². The molecule has 2 heterocycles. The summed E-state index contributed by atoms with van der Waals surface area (Å²) < 4.78 is 11.7. The maximum atomic E-state index is 5.95. The first-order valence-corrected chi connectivity index (χ1v) is 6.90. The Morgan fingerprint density at radius 1 is 1.20 bits per heavy atom. The Morgan fingerprint density at radius 2 is 2.00 bits per heavy atom. The molecule has 0 radical (unpaired) electrons. The van der Waals surface area contributed by atoms with E-state index >= 15 is 0 Å². The minimum atomic E-state index is 0.0756. The van der Waals surface area contributed by atoms with E-state index in [9.17, 15) is 0 Å². The van der Waals surface area contributed by atoms with Gasteiger partial charge in [-0.05, 0) is 38.8 Å². The van der Waals surface area contributed by atoms with Crippen molar-refractivity contribution >= 4 is 0 Å². The highest BCUT2D eigenvalue weighted by Crippen LogP contribution is 2.31. The monoisotopic (exact) mass is 270 g/mol. The number of ether oxygens (including phenoxy) is 2. The van der Waals surface area contributed by atoms with Crippen molar-refractivity contribution in [3.8, 4) is 11.5 Å². The molecule has 0 aliphatic carbocycles.